The quantitative estimate of drug-likeness (QED) is 0.446. The van der Waals surface area contributed by atoms with Crippen molar-refractivity contribution >= 4 is 40.0 Å². The molecule has 6 nitrogen and oxygen atoms in total. The first kappa shape index (κ1) is 20.0. The summed E-state index contributed by atoms with van der Waals surface area (Å²) in [7, 11) is 1.52. The van der Waals surface area contributed by atoms with E-state index in [-0.39, 0.29) is 11.5 Å². The Morgan fingerprint density at radius 2 is 2.17 bits per heavy atom. The second kappa shape index (κ2) is 8.59. The number of fused-ring (bicyclic) bond motifs is 1. The number of carbonyl (C=O) groups excluding carboxylic acids is 1. The Labute approximate surface area is 176 Å². The molecule has 1 aromatic carbocycles. The lowest BCUT2D eigenvalue weighted by Gasteiger charge is -2.31. The molecule has 1 aliphatic rings. The van der Waals surface area contributed by atoms with Crippen molar-refractivity contribution < 1.29 is 13.9 Å². The second-order valence-corrected chi connectivity index (χ2v) is 9.25. The third-order valence-corrected chi connectivity index (χ3v) is 7.49. The van der Waals surface area contributed by atoms with Crippen LogP contribution in [0.3, 0.4) is 0 Å². The first-order valence-electron chi connectivity index (χ1n) is 9.50. The number of thioether (sulfide) groups is 1. The summed E-state index contributed by atoms with van der Waals surface area (Å²) in [5, 5.41) is 2.74. The Balaban J connectivity index is 1.41. The lowest BCUT2D eigenvalue weighted by Crippen LogP contribution is -2.40. The average molecular weight is 431 g/mol. The second-order valence-electron chi connectivity index (χ2n) is 7.13. The van der Waals surface area contributed by atoms with Crippen LogP contribution in [0.25, 0.3) is 11.0 Å². The highest BCUT2D eigenvalue weighted by molar-refractivity contribution is 8.01. The number of benzene rings is 1. The van der Waals surface area contributed by atoms with Gasteiger partial charge < -0.3 is 14.1 Å². The standard InChI is InChI=1S/C21H22N2O4S2/c1-13-11-28-21(22-13)29-12-14-6-8-23(9-7-14)19(24)16-10-15-4-3-5-17(26-2)18(15)27-20(16)25/h3-5,10-11,14H,6-9,12H2,1-2H3. The molecule has 0 bridgehead atoms. The molecule has 0 spiro atoms. The van der Waals surface area contributed by atoms with Crippen molar-refractivity contribution in [3.05, 3.63) is 51.3 Å². The number of ether oxygens (including phenoxy) is 1. The Bertz CT molecular complexity index is 1080. The summed E-state index contributed by atoms with van der Waals surface area (Å²) >= 11 is 3.47. The summed E-state index contributed by atoms with van der Waals surface area (Å²) in [6.07, 6.45) is 1.85. The number of carbonyl (C=O) groups is 1. The summed E-state index contributed by atoms with van der Waals surface area (Å²) in [6, 6.07) is 6.95. The van der Waals surface area contributed by atoms with Gasteiger partial charge in [0.05, 0.1) is 7.11 Å². The summed E-state index contributed by atoms with van der Waals surface area (Å²) in [4.78, 5) is 31.6. The van der Waals surface area contributed by atoms with Gasteiger partial charge >= 0.3 is 5.63 Å². The van der Waals surface area contributed by atoms with Crippen LogP contribution >= 0.6 is 23.1 Å². The summed E-state index contributed by atoms with van der Waals surface area (Å²) in [5.41, 5.74) is 0.884. The fraction of sp³-hybridized carbons (Fsp3) is 0.381. The molecule has 1 fully saturated rings. The third kappa shape index (κ3) is 4.33. The van der Waals surface area contributed by atoms with E-state index in [0.29, 0.717) is 35.7 Å². The Morgan fingerprint density at radius 1 is 1.38 bits per heavy atom. The highest BCUT2D eigenvalue weighted by Gasteiger charge is 2.26. The molecule has 0 atom stereocenters. The van der Waals surface area contributed by atoms with Crippen molar-refractivity contribution in [2.75, 3.05) is 26.0 Å². The van der Waals surface area contributed by atoms with Crippen LogP contribution < -0.4 is 10.4 Å². The van der Waals surface area contributed by atoms with E-state index >= 15 is 0 Å². The highest BCUT2D eigenvalue weighted by atomic mass is 32.2. The molecular formula is C21H22N2O4S2. The van der Waals surface area contributed by atoms with Crippen molar-refractivity contribution in [3.8, 4) is 5.75 Å². The van der Waals surface area contributed by atoms with Crippen LogP contribution in [0.5, 0.6) is 5.75 Å². The number of likely N-dealkylation sites (tertiary alicyclic amines) is 1. The molecule has 1 saturated heterocycles. The number of methoxy groups -OCH3 is 1. The molecule has 1 aliphatic heterocycles. The number of hydrogen-bond donors (Lipinski definition) is 0. The van der Waals surface area contributed by atoms with E-state index in [1.54, 1.807) is 46.2 Å². The molecule has 29 heavy (non-hydrogen) atoms. The third-order valence-electron chi connectivity index (χ3n) is 5.12. The smallest absolute Gasteiger partial charge is 0.349 e. The molecule has 152 valence electrons. The molecule has 0 unspecified atom stereocenters. The van der Waals surface area contributed by atoms with E-state index in [9.17, 15) is 9.59 Å². The maximum atomic E-state index is 12.9. The number of para-hydroxylation sites is 1. The van der Waals surface area contributed by atoms with Crippen LogP contribution in [0.4, 0.5) is 0 Å². The van der Waals surface area contributed by atoms with Gasteiger partial charge in [0.15, 0.2) is 11.3 Å². The number of amides is 1. The van der Waals surface area contributed by atoms with E-state index in [1.807, 2.05) is 13.0 Å². The Hall–Kier alpha value is -2.32. The predicted molar refractivity (Wildman–Crippen MR) is 115 cm³/mol. The fourth-order valence-electron chi connectivity index (χ4n) is 3.49. The SMILES string of the molecule is COc1cccc2cc(C(=O)N3CCC(CSc4nc(C)cs4)CC3)c(=O)oc12. The van der Waals surface area contributed by atoms with Gasteiger partial charge in [-0.25, -0.2) is 9.78 Å². The van der Waals surface area contributed by atoms with Crippen LogP contribution in [0, 0.1) is 12.8 Å². The molecule has 4 rings (SSSR count). The fourth-order valence-corrected chi connectivity index (χ4v) is 5.55. The van der Waals surface area contributed by atoms with Crippen molar-refractivity contribution in [1.82, 2.24) is 9.88 Å². The first-order chi connectivity index (χ1) is 14.0. The largest absolute Gasteiger partial charge is 0.493 e. The Morgan fingerprint density at radius 3 is 2.86 bits per heavy atom. The van der Waals surface area contributed by atoms with Crippen molar-refractivity contribution in [3.63, 3.8) is 0 Å². The number of aryl methyl sites for hydroxylation is 1. The number of nitrogens with zero attached hydrogens (tertiary/aromatic N) is 2. The Kier molecular flexibility index (Phi) is 5.91. The summed E-state index contributed by atoms with van der Waals surface area (Å²) in [5.74, 6) is 1.77. The minimum absolute atomic E-state index is 0.0804. The minimum atomic E-state index is -0.621. The van der Waals surface area contributed by atoms with Crippen LogP contribution in [-0.4, -0.2) is 41.7 Å². The van der Waals surface area contributed by atoms with Gasteiger partial charge in [-0.1, -0.05) is 23.9 Å². The van der Waals surface area contributed by atoms with Crippen LogP contribution in [0.1, 0.15) is 28.9 Å². The minimum Gasteiger partial charge on any atom is -0.493 e. The molecule has 3 aromatic rings. The van der Waals surface area contributed by atoms with Gasteiger partial charge in [0.2, 0.25) is 0 Å². The monoisotopic (exact) mass is 430 g/mol. The average Bonchev–Trinajstić information content (AvgIpc) is 3.16. The topological polar surface area (TPSA) is 72.6 Å². The van der Waals surface area contributed by atoms with Gasteiger partial charge in [0.25, 0.3) is 5.91 Å². The normalized spacial score (nSPS) is 15.0. The van der Waals surface area contributed by atoms with Gasteiger partial charge in [-0.05, 0) is 37.8 Å². The maximum absolute atomic E-state index is 12.9. The van der Waals surface area contributed by atoms with Crippen molar-refractivity contribution in [1.29, 1.82) is 0 Å². The zero-order chi connectivity index (χ0) is 20.4. The van der Waals surface area contributed by atoms with Crippen LogP contribution in [0.2, 0.25) is 0 Å². The molecular weight excluding hydrogens is 408 g/mol. The molecule has 3 heterocycles. The van der Waals surface area contributed by atoms with E-state index in [4.69, 9.17) is 9.15 Å². The molecule has 1 amide bonds. The molecule has 8 heteroatoms. The van der Waals surface area contributed by atoms with Crippen LogP contribution in [-0.2, 0) is 0 Å². The maximum Gasteiger partial charge on any atom is 0.349 e. The number of thiazole rings is 1. The van der Waals surface area contributed by atoms with Gasteiger partial charge in [-0.3, -0.25) is 4.79 Å². The summed E-state index contributed by atoms with van der Waals surface area (Å²) < 4.78 is 11.7. The molecule has 0 saturated carbocycles. The zero-order valence-electron chi connectivity index (χ0n) is 16.3. The van der Waals surface area contributed by atoms with Gasteiger partial charge in [0.1, 0.15) is 9.90 Å². The number of piperidine rings is 1. The number of rotatable bonds is 5. The molecule has 0 N–H and O–H groups in total. The van der Waals surface area contributed by atoms with Crippen molar-refractivity contribution in [2.24, 2.45) is 5.92 Å². The summed E-state index contributed by atoms with van der Waals surface area (Å²) in [6.45, 7) is 3.30. The number of hydrogen-bond acceptors (Lipinski definition) is 7. The van der Waals surface area contributed by atoms with E-state index < -0.39 is 5.63 Å². The van der Waals surface area contributed by atoms with Gasteiger partial charge in [-0.15, -0.1) is 11.3 Å². The van der Waals surface area contributed by atoms with E-state index in [2.05, 4.69) is 10.4 Å². The predicted octanol–water partition coefficient (Wildman–Crippen LogP) is 4.21. The molecule has 0 aliphatic carbocycles. The van der Waals surface area contributed by atoms with E-state index in [0.717, 1.165) is 28.6 Å². The van der Waals surface area contributed by atoms with Gasteiger partial charge in [-0.2, -0.15) is 0 Å². The first-order valence-corrected chi connectivity index (χ1v) is 11.4. The zero-order valence-corrected chi connectivity index (χ0v) is 18.0. The highest BCUT2D eigenvalue weighted by Crippen LogP contribution is 2.29. The lowest BCUT2D eigenvalue weighted by atomic mass is 9.98. The van der Waals surface area contributed by atoms with Crippen molar-refractivity contribution in [2.45, 2.75) is 24.1 Å². The lowest BCUT2D eigenvalue weighted by molar-refractivity contribution is 0.0694. The van der Waals surface area contributed by atoms with E-state index in [1.165, 1.54) is 7.11 Å². The van der Waals surface area contributed by atoms with Gasteiger partial charge in [0, 0.05) is 35.3 Å². The van der Waals surface area contributed by atoms with Crippen LogP contribution in [0.15, 0.2) is 43.2 Å². The number of aromatic nitrogens is 1. The molecule has 2 aromatic heterocycles. The molecule has 0 radical (unpaired) electrons.